The van der Waals surface area contributed by atoms with E-state index < -0.39 is 18.5 Å². The van der Waals surface area contributed by atoms with E-state index in [9.17, 15) is 19.2 Å². The summed E-state index contributed by atoms with van der Waals surface area (Å²) in [5.41, 5.74) is 1.27. The second kappa shape index (κ2) is 9.39. The molecule has 1 aromatic heterocycles. The van der Waals surface area contributed by atoms with Gasteiger partial charge in [0.25, 0.3) is 11.8 Å². The first-order valence-electron chi connectivity index (χ1n) is 9.89. The largest absolute Gasteiger partial charge is 0.451 e. The number of esters is 1. The molecule has 1 fully saturated rings. The molecule has 0 unspecified atom stereocenters. The predicted molar refractivity (Wildman–Crippen MR) is 110 cm³/mol. The monoisotopic (exact) mass is 411 g/mol. The molecule has 1 aromatic carbocycles. The van der Waals surface area contributed by atoms with Gasteiger partial charge in [-0.15, -0.1) is 0 Å². The average molecular weight is 411 g/mol. The van der Waals surface area contributed by atoms with E-state index in [-0.39, 0.29) is 23.4 Å². The smallest absolute Gasteiger partial charge is 0.355 e. The fourth-order valence-electron chi connectivity index (χ4n) is 3.47. The number of hydrogen-bond acceptors (Lipinski definition) is 5. The highest BCUT2D eigenvalue weighted by Gasteiger charge is 2.21. The fourth-order valence-corrected chi connectivity index (χ4v) is 3.47. The predicted octanol–water partition coefficient (Wildman–Crippen LogP) is 2.70. The summed E-state index contributed by atoms with van der Waals surface area (Å²) in [6.07, 6.45) is 5.65. The number of nitrogens with one attached hydrogen (secondary N) is 2. The average Bonchev–Trinajstić information content (AvgIpc) is 3.36. The number of rotatable bonds is 7. The molecule has 0 bridgehead atoms. The zero-order chi connectivity index (χ0) is 21.7. The maximum Gasteiger partial charge on any atom is 0.355 e. The lowest BCUT2D eigenvalue weighted by Crippen LogP contribution is -2.33. The van der Waals surface area contributed by atoms with Crippen molar-refractivity contribution in [3.63, 3.8) is 0 Å². The summed E-state index contributed by atoms with van der Waals surface area (Å²) in [5, 5.41) is 5.62. The summed E-state index contributed by atoms with van der Waals surface area (Å²) >= 11 is 0. The van der Waals surface area contributed by atoms with E-state index in [1.807, 2.05) is 0 Å². The molecule has 1 heterocycles. The first kappa shape index (κ1) is 21.3. The summed E-state index contributed by atoms with van der Waals surface area (Å²) in [6, 6.07) is 8.28. The van der Waals surface area contributed by atoms with Crippen LogP contribution in [0.15, 0.2) is 36.5 Å². The van der Waals surface area contributed by atoms with E-state index in [2.05, 4.69) is 10.6 Å². The van der Waals surface area contributed by atoms with Gasteiger partial charge >= 0.3 is 5.97 Å². The van der Waals surface area contributed by atoms with Crippen molar-refractivity contribution in [3.8, 4) is 0 Å². The number of aryl methyl sites for hydroxylation is 1. The molecule has 158 valence electrons. The number of amides is 2. The van der Waals surface area contributed by atoms with Crippen molar-refractivity contribution in [1.82, 2.24) is 9.88 Å². The molecule has 0 atom stereocenters. The van der Waals surface area contributed by atoms with Crippen molar-refractivity contribution in [2.45, 2.75) is 38.6 Å². The highest BCUT2D eigenvalue weighted by molar-refractivity contribution is 6.04. The molecule has 30 heavy (non-hydrogen) atoms. The zero-order valence-electron chi connectivity index (χ0n) is 17.1. The van der Waals surface area contributed by atoms with E-state index in [1.54, 1.807) is 31.3 Å². The summed E-state index contributed by atoms with van der Waals surface area (Å²) in [5.74, 6) is -1.69. The Bertz CT molecular complexity index is 973. The quantitative estimate of drug-likeness (QED) is 0.538. The van der Waals surface area contributed by atoms with Crippen LogP contribution in [-0.2, 0) is 16.6 Å². The standard InChI is InChI=1S/C22H25N3O5/c1-14(26)15-11-19(25(2)12-15)22(29)30-13-20(27)24-18-10-6-5-9-17(18)21(28)23-16-7-3-4-8-16/h5-6,9-12,16H,3-4,7-8,13H2,1-2H3,(H,23,28)(H,24,27). The Balaban J connectivity index is 1.59. The molecule has 1 saturated carbocycles. The van der Waals surface area contributed by atoms with Gasteiger partial charge in [-0.3, -0.25) is 14.4 Å². The second-order valence-electron chi connectivity index (χ2n) is 7.41. The number of hydrogen-bond donors (Lipinski definition) is 2. The Morgan fingerprint density at radius 3 is 2.50 bits per heavy atom. The Labute approximate surface area is 174 Å². The van der Waals surface area contributed by atoms with Crippen LogP contribution in [0.3, 0.4) is 0 Å². The van der Waals surface area contributed by atoms with Crippen LogP contribution < -0.4 is 10.6 Å². The number of ketones is 1. The van der Waals surface area contributed by atoms with Crippen molar-refractivity contribution in [2.75, 3.05) is 11.9 Å². The van der Waals surface area contributed by atoms with Crippen LogP contribution in [0.25, 0.3) is 0 Å². The molecule has 2 amide bonds. The van der Waals surface area contributed by atoms with E-state index in [0.29, 0.717) is 16.8 Å². The normalized spacial score (nSPS) is 13.7. The van der Waals surface area contributed by atoms with Crippen LogP contribution >= 0.6 is 0 Å². The van der Waals surface area contributed by atoms with E-state index in [1.165, 1.54) is 23.8 Å². The molecule has 1 aliphatic rings. The topological polar surface area (TPSA) is 106 Å². The minimum absolute atomic E-state index is 0.160. The lowest BCUT2D eigenvalue weighted by Gasteiger charge is -2.15. The van der Waals surface area contributed by atoms with Gasteiger partial charge in [-0.25, -0.2) is 4.79 Å². The Kier molecular flexibility index (Phi) is 6.66. The minimum Gasteiger partial charge on any atom is -0.451 e. The van der Waals surface area contributed by atoms with Crippen LogP contribution in [0.4, 0.5) is 5.69 Å². The van der Waals surface area contributed by atoms with Crippen molar-refractivity contribution in [2.24, 2.45) is 7.05 Å². The minimum atomic E-state index is -0.715. The Hall–Kier alpha value is -3.42. The second-order valence-corrected chi connectivity index (χ2v) is 7.41. The molecule has 0 spiro atoms. The summed E-state index contributed by atoms with van der Waals surface area (Å²) in [4.78, 5) is 48.5. The third-order valence-corrected chi connectivity index (χ3v) is 5.09. The maximum absolute atomic E-state index is 12.6. The fraction of sp³-hybridized carbons (Fsp3) is 0.364. The van der Waals surface area contributed by atoms with Crippen LogP contribution in [0, 0.1) is 0 Å². The van der Waals surface area contributed by atoms with Crippen LogP contribution in [0.1, 0.15) is 63.8 Å². The van der Waals surface area contributed by atoms with E-state index >= 15 is 0 Å². The molecule has 0 saturated heterocycles. The molecule has 2 aromatic rings. The highest BCUT2D eigenvalue weighted by Crippen LogP contribution is 2.20. The number of aromatic nitrogens is 1. The van der Waals surface area contributed by atoms with Gasteiger partial charge in [0.2, 0.25) is 0 Å². The number of ether oxygens (including phenoxy) is 1. The maximum atomic E-state index is 12.6. The molecule has 0 aliphatic heterocycles. The lowest BCUT2D eigenvalue weighted by molar-refractivity contribution is -0.119. The first-order chi connectivity index (χ1) is 14.3. The molecular weight excluding hydrogens is 386 g/mol. The zero-order valence-corrected chi connectivity index (χ0v) is 17.1. The number of carbonyl (C=O) groups excluding carboxylic acids is 4. The number of carbonyl (C=O) groups is 4. The van der Waals surface area contributed by atoms with Crippen molar-refractivity contribution in [3.05, 3.63) is 53.3 Å². The number of para-hydroxylation sites is 1. The Morgan fingerprint density at radius 1 is 1.13 bits per heavy atom. The SMILES string of the molecule is CC(=O)c1cc(C(=O)OCC(=O)Nc2ccccc2C(=O)NC2CCCC2)n(C)c1. The van der Waals surface area contributed by atoms with Gasteiger partial charge in [0.15, 0.2) is 12.4 Å². The van der Waals surface area contributed by atoms with Crippen LogP contribution in [0.5, 0.6) is 0 Å². The van der Waals surface area contributed by atoms with Crippen molar-refractivity contribution >= 4 is 29.3 Å². The molecule has 8 heteroatoms. The van der Waals surface area contributed by atoms with Gasteiger partial charge in [0, 0.05) is 24.8 Å². The molecule has 8 nitrogen and oxygen atoms in total. The highest BCUT2D eigenvalue weighted by atomic mass is 16.5. The first-order valence-corrected chi connectivity index (χ1v) is 9.89. The molecule has 2 N–H and O–H groups in total. The molecule has 0 radical (unpaired) electrons. The van der Waals surface area contributed by atoms with Gasteiger partial charge in [-0.05, 0) is 38.0 Å². The van der Waals surface area contributed by atoms with E-state index in [4.69, 9.17) is 4.74 Å². The van der Waals surface area contributed by atoms with Crippen LogP contribution in [-0.4, -0.2) is 40.8 Å². The molecular formula is C22H25N3O5. The van der Waals surface area contributed by atoms with Crippen molar-refractivity contribution in [1.29, 1.82) is 0 Å². The number of benzene rings is 1. The van der Waals surface area contributed by atoms with Gasteiger partial charge < -0.3 is 19.9 Å². The third-order valence-electron chi connectivity index (χ3n) is 5.09. The van der Waals surface area contributed by atoms with Gasteiger partial charge in [-0.1, -0.05) is 25.0 Å². The van der Waals surface area contributed by atoms with Gasteiger partial charge in [0.05, 0.1) is 11.3 Å². The van der Waals surface area contributed by atoms with Crippen molar-refractivity contribution < 1.29 is 23.9 Å². The lowest BCUT2D eigenvalue weighted by atomic mass is 10.1. The number of Topliss-reactive ketones (excluding diaryl/α,β-unsaturated/α-hetero) is 1. The molecule has 1 aliphatic carbocycles. The molecule has 3 rings (SSSR count). The number of anilines is 1. The summed E-state index contributed by atoms with van der Waals surface area (Å²) in [7, 11) is 1.61. The van der Waals surface area contributed by atoms with E-state index in [0.717, 1.165) is 25.7 Å². The summed E-state index contributed by atoms with van der Waals surface area (Å²) in [6.45, 7) is 0.885. The van der Waals surface area contributed by atoms with Gasteiger partial charge in [-0.2, -0.15) is 0 Å². The summed E-state index contributed by atoms with van der Waals surface area (Å²) < 4.78 is 6.53. The van der Waals surface area contributed by atoms with Gasteiger partial charge in [0.1, 0.15) is 5.69 Å². The Morgan fingerprint density at radius 2 is 1.83 bits per heavy atom. The third kappa shape index (κ3) is 5.14. The van der Waals surface area contributed by atoms with Crippen LogP contribution in [0.2, 0.25) is 0 Å². The number of nitrogens with zero attached hydrogens (tertiary/aromatic N) is 1.